The molecular weight excluding hydrogens is 197 g/mol. The number of phenols is 1. The summed E-state index contributed by atoms with van der Waals surface area (Å²) >= 11 is 5.68. The molecule has 1 N–H and O–H groups in total. The average Bonchev–Trinajstić information content (AvgIpc) is 1.94. The molecule has 1 aromatic carbocycles. The van der Waals surface area contributed by atoms with Gasteiger partial charge in [0.1, 0.15) is 5.75 Å². The van der Waals surface area contributed by atoms with Gasteiger partial charge in [0.2, 0.25) is 0 Å². The van der Waals surface area contributed by atoms with Crippen molar-refractivity contribution in [2.24, 2.45) is 0 Å². The molecule has 0 atom stereocenters. The Kier molecular flexibility index (Phi) is 4.21. The Labute approximate surface area is 83.2 Å². The van der Waals surface area contributed by atoms with Crippen LogP contribution in [0, 0.1) is 0 Å². The third kappa shape index (κ3) is 2.47. The number of nitrogens with zero attached hydrogens (tertiary/aromatic N) is 1. The molecule has 0 aliphatic rings. The van der Waals surface area contributed by atoms with Crippen LogP contribution < -0.4 is 4.90 Å². The molecule has 0 saturated heterocycles. The van der Waals surface area contributed by atoms with E-state index in [2.05, 4.69) is 0 Å². The average molecular weight is 208 g/mol. The second kappa shape index (κ2) is 4.43. The number of benzene rings is 1. The molecule has 2 nitrogen and oxygen atoms in total. The van der Waals surface area contributed by atoms with Crippen LogP contribution in [-0.4, -0.2) is 19.2 Å². The maximum atomic E-state index is 9.08. The van der Waals surface area contributed by atoms with Gasteiger partial charge in [-0.1, -0.05) is 11.6 Å². The van der Waals surface area contributed by atoms with Crippen LogP contribution in [0.15, 0.2) is 18.2 Å². The van der Waals surface area contributed by atoms with E-state index in [9.17, 15) is 0 Å². The lowest BCUT2D eigenvalue weighted by atomic mass is 10.3. The number of rotatable bonds is 1. The molecule has 1 aromatic rings. The molecule has 12 heavy (non-hydrogen) atoms. The fourth-order valence-electron chi connectivity index (χ4n) is 0.774. The van der Waals surface area contributed by atoms with Gasteiger partial charge in [0, 0.05) is 19.8 Å². The number of phenolic OH excluding ortho intramolecular Hbond substituents is 1. The first kappa shape index (κ1) is 11.4. The highest BCUT2D eigenvalue weighted by molar-refractivity contribution is 6.32. The summed E-state index contributed by atoms with van der Waals surface area (Å²) < 4.78 is 0. The number of anilines is 1. The van der Waals surface area contributed by atoms with Crippen LogP contribution in [-0.2, 0) is 0 Å². The van der Waals surface area contributed by atoms with Gasteiger partial charge in [0.15, 0.2) is 0 Å². The molecule has 0 aliphatic carbocycles. The molecule has 0 unspecified atom stereocenters. The Bertz CT molecular complexity index is 263. The Morgan fingerprint density at radius 1 is 1.33 bits per heavy atom. The van der Waals surface area contributed by atoms with Crippen molar-refractivity contribution < 1.29 is 5.11 Å². The van der Waals surface area contributed by atoms with Gasteiger partial charge in [-0.3, -0.25) is 0 Å². The van der Waals surface area contributed by atoms with E-state index in [1.54, 1.807) is 18.2 Å². The number of halogens is 2. The topological polar surface area (TPSA) is 23.5 Å². The lowest BCUT2D eigenvalue weighted by Crippen LogP contribution is -2.07. The first-order valence-electron chi connectivity index (χ1n) is 3.27. The summed E-state index contributed by atoms with van der Waals surface area (Å²) in [6.07, 6.45) is 0. The summed E-state index contributed by atoms with van der Waals surface area (Å²) in [6, 6.07) is 5.11. The van der Waals surface area contributed by atoms with Crippen LogP contribution in [0.5, 0.6) is 5.75 Å². The Morgan fingerprint density at radius 3 is 2.33 bits per heavy atom. The van der Waals surface area contributed by atoms with Crippen molar-refractivity contribution in [2.75, 3.05) is 19.0 Å². The Morgan fingerprint density at radius 2 is 1.92 bits per heavy atom. The molecule has 0 spiro atoms. The van der Waals surface area contributed by atoms with Crippen molar-refractivity contribution in [3.8, 4) is 5.75 Å². The van der Waals surface area contributed by atoms with Crippen LogP contribution in [0.4, 0.5) is 5.69 Å². The standard InChI is InChI=1S/C8H10ClNO.ClH/c1-10(2)6-3-4-8(11)7(9)5-6;/h3-5,11H,1-2H3;1H. The van der Waals surface area contributed by atoms with E-state index in [0.717, 1.165) is 5.69 Å². The van der Waals surface area contributed by atoms with Crippen molar-refractivity contribution >= 4 is 29.7 Å². The van der Waals surface area contributed by atoms with Crippen molar-refractivity contribution in [1.82, 2.24) is 0 Å². The third-order valence-electron chi connectivity index (χ3n) is 1.45. The molecular formula is C8H11Cl2NO. The summed E-state index contributed by atoms with van der Waals surface area (Å²) in [5, 5.41) is 9.46. The molecule has 0 amide bonds. The van der Waals surface area contributed by atoms with E-state index in [1.165, 1.54) is 0 Å². The van der Waals surface area contributed by atoms with Gasteiger partial charge < -0.3 is 10.0 Å². The minimum atomic E-state index is 0. The van der Waals surface area contributed by atoms with Gasteiger partial charge >= 0.3 is 0 Å². The Hall–Kier alpha value is -0.600. The highest BCUT2D eigenvalue weighted by Gasteiger charge is 1.99. The molecule has 0 aliphatic heterocycles. The van der Waals surface area contributed by atoms with Gasteiger partial charge in [0.25, 0.3) is 0 Å². The van der Waals surface area contributed by atoms with Crippen molar-refractivity contribution in [1.29, 1.82) is 0 Å². The third-order valence-corrected chi connectivity index (χ3v) is 1.75. The molecule has 4 heteroatoms. The van der Waals surface area contributed by atoms with Crippen LogP contribution in [0.2, 0.25) is 5.02 Å². The summed E-state index contributed by atoms with van der Waals surface area (Å²) in [5.74, 6) is 0.122. The Balaban J connectivity index is 0.00000121. The number of aromatic hydroxyl groups is 1. The molecule has 0 bridgehead atoms. The SMILES string of the molecule is CN(C)c1ccc(O)c(Cl)c1.Cl. The predicted molar refractivity (Wildman–Crippen MR) is 54.7 cm³/mol. The van der Waals surface area contributed by atoms with Crippen molar-refractivity contribution in [3.05, 3.63) is 23.2 Å². The lowest BCUT2D eigenvalue weighted by molar-refractivity contribution is 0.475. The van der Waals surface area contributed by atoms with Crippen LogP contribution in [0.3, 0.4) is 0 Å². The lowest BCUT2D eigenvalue weighted by Gasteiger charge is -2.12. The zero-order valence-electron chi connectivity index (χ0n) is 6.91. The highest BCUT2D eigenvalue weighted by Crippen LogP contribution is 2.26. The van der Waals surface area contributed by atoms with Gasteiger partial charge in [0.05, 0.1) is 5.02 Å². The molecule has 1 rings (SSSR count). The van der Waals surface area contributed by atoms with E-state index >= 15 is 0 Å². The van der Waals surface area contributed by atoms with E-state index in [0.29, 0.717) is 5.02 Å². The molecule has 0 aromatic heterocycles. The van der Waals surface area contributed by atoms with Crippen LogP contribution >= 0.6 is 24.0 Å². The molecule has 0 saturated carbocycles. The number of hydrogen-bond donors (Lipinski definition) is 1. The minimum Gasteiger partial charge on any atom is -0.506 e. The van der Waals surface area contributed by atoms with Crippen molar-refractivity contribution in [3.63, 3.8) is 0 Å². The first-order chi connectivity index (χ1) is 5.11. The molecule has 0 fully saturated rings. The minimum absolute atomic E-state index is 0. The van der Waals surface area contributed by atoms with E-state index in [-0.39, 0.29) is 18.2 Å². The van der Waals surface area contributed by atoms with E-state index in [4.69, 9.17) is 16.7 Å². The van der Waals surface area contributed by atoms with Gasteiger partial charge in [-0.05, 0) is 18.2 Å². The van der Waals surface area contributed by atoms with Crippen LogP contribution in [0.1, 0.15) is 0 Å². The number of hydrogen-bond acceptors (Lipinski definition) is 2. The fraction of sp³-hybridized carbons (Fsp3) is 0.250. The summed E-state index contributed by atoms with van der Waals surface area (Å²) in [5.41, 5.74) is 0.979. The van der Waals surface area contributed by atoms with E-state index in [1.807, 2.05) is 19.0 Å². The van der Waals surface area contributed by atoms with Gasteiger partial charge in [-0.25, -0.2) is 0 Å². The largest absolute Gasteiger partial charge is 0.506 e. The molecule has 0 heterocycles. The summed E-state index contributed by atoms with van der Waals surface area (Å²) in [6.45, 7) is 0. The zero-order valence-corrected chi connectivity index (χ0v) is 8.49. The maximum absolute atomic E-state index is 9.08. The normalized spacial score (nSPS) is 8.92. The fourth-order valence-corrected chi connectivity index (χ4v) is 0.949. The predicted octanol–water partition coefficient (Wildman–Crippen LogP) is 2.53. The van der Waals surface area contributed by atoms with Gasteiger partial charge in [-0.2, -0.15) is 0 Å². The summed E-state index contributed by atoms with van der Waals surface area (Å²) in [7, 11) is 3.84. The smallest absolute Gasteiger partial charge is 0.134 e. The maximum Gasteiger partial charge on any atom is 0.134 e. The highest BCUT2D eigenvalue weighted by atomic mass is 35.5. The van der Waals surface area contributed by atoms with E-state index < -0.39 is 0 Å². The van der Waals surface area contributed by atoms with Gasteiger partial charge in [-0.15, -0.1) is 12.4 Å². The molecule has 0 radical (unpaired) electrons. The quantitative estimate of drug-likeness (QED) is 0.766. The molecule has 68 valence electrons. The summed E-state index contributed by atoms with van der Waals surface area (Å²) in [4.78, 5) is 1.92. The first-order valence-corrected chi connectivity index (χ1v) is 3.65. The van der Waals surface area contributed by atoms with Crippen molar-refractivity contribution in [2.45, 2.75) is 0 Å². The zero-order chi connectivity index (χ0) is 8.43. The second-order valence-corrected chi connectivity index (χ2v) is 2.94. The monoisotopic (exact) mass is 207 g/mol. The second-order valence-electron chi connectivity index (χ2n) is 2.53. The van der Waals surface area contributed by atoms with Crippen LogP contribution in [0.25, 0.3) is 0 Å².